The molecule has 0 saturated heterocycles. The van der Waals surface area contributed by atoms with Crippen LogP contribution in [-0.4, -0.2) is 22.0 Å². The summed E-state index contributed by atoms with van der Waals surface area (Å²) in [6.45, 7) is 0.446. The van der Waals surface area contributed by atoms with Crippen molar-refractivity contribution in [2.75, 3.05) is 5.32 Å². The first-order chi connectivity index (χ1) is 12.6. The van der Waals surface area contributed by atoms with Crippen LogP contribution in [0.1, 0.15) is 26.4 Å². The fraction of sp³-hybridized carbons (Fsp3) is 0.0500. The monoisotopic (exact) mass is 348 g/mol. The molecule has 0 saturated carbocycles. The number of hydrogen-bond donors (Lipinski definition) is 2. The van der Waals surface area contributed by atoms with E-state index in [0.29, 0.717) is 23.6 Å². The Morgan fingerprint density at radius 3 is 2.42 bits per heavy atom. The normalized spacial score (nSPS) is 10.2. The van der Waals surface area contributed by atoms with Crippen LogP contribution in [0, 0.1) is 0 Å². The first-order valence-corrected chi connectivity index (χ1v) is 7.89. The zero-order valence-corrected chi connectivity index (χ0v) is 13.8. The van der Waals surface area contributed by atoms with Gasteiger partial charge < -0.3 is 15.2 Å². The molecule has 1 amide bonds. The summed E-state index contributed by atoms with van der Waals surface area (Å²) in [5.41, 5.74) is 1.73. The standard InChI is InChI=1S/C20H16N2O4/c23-19(22-16-10-11-21-18(12-16)20(24)25)15-6-8-17(9-7-15)26-13-14-4-2-1-3-5-14/h1-12H,13H2,(H,24,25)(H,21,22,23). The second kappa shape index (κ2) is 7.94. The molecule has 2 aromatic carbocycles. The molecule has 0 spiro atoms. The van der Waals surface area contributed by atoms with Crippen molar-refractivity contribution in [3.63, 3.8) is 0 Å². The molecule has 3 rings (SSSR count). The maximum atomic E-state index is 12.3. The number of carbonyl (C=O) groups excluding carboxylic acids is 1. The van der Waals surface area contributed by atoms with Crippen molar-refractivity contribution in [2.45, 2.75) is 6.61 Å². The fourth-order valence-corrected chi connectivity index (χ4v) is 2.27. The Labute approximate surface area is 150 Å². The highest BCUT2D eigenvalue weighted by Crippen LogP contribution is 2.16. The van der Waals surface area contributed by atoms with Crippen LogP contribution in [0.15, 0.2) is 72.9 Å². The molecule has 2 N–H and O–H groups in total. The largest absolute Gasteiger partial charge is 0.489 e. The molecule has 26 heavy (non-hydrogen) atoms. The number of nitrogens with zero attached hydrogens (tertiary/aromatic N) is 1. The van der Waals surface area contributed by atoms with E-state index in [1.807, 2.05) is 30.3 Å². The minimum Gasteiger partial charge on any atom is -0.489 e. The lowest BCUT2D eigenvalue weighted by atomic mass is 10.2. The van der Waals surface area contributed by atoms with E-state index in [4.69, 9.17) is 9.84 Å². The Hall–Kier alpha value is -3.67. The molecule has 1 heterocycles. The van der Waals surface area contributed by atoms with E-state index in [9.17, 15) is 9.59 Å². The number of carboxylic acids is 1. The van der Waals surface area contributed by atoms with Gasteiger partial charge in [-0.2, -0.15) is 0 Å². The van der Waals surface area contributed by atoms with Gasteiger partial charge in [-0.3, -0.25) is 4.79 Å². The van der Waals surface area contributed by atoms with Crippen LogP contribution in [-0.2, 0) is 6.61 Å². The molecule has 3 aromatic rings. The highest BCUT2D eigenvalue weighted by atomic mass is 16.5. The number of rotatable bonds is 6. The van der Waals surface area contributed by atoms with E-state index in [0.717, 1.165) is 5.56 Å². The lowest BCUT2D eigenvalue weighted by molar-refractivity contribution is 0.0690. The average Bonchev–Trinajstić information content (AvgIpc) is 2.68. The van der Waals surface area contributed by atoms with Gasteiger partial charge in [0.15, 0.2) is 0 Å². The summed E-state index contributed by atoms with van der Waals surface area (Å²) in [5, 5.41) is 11.6. The second-order valence-electron chi connectivity index (χ2n) is 5.49. The topological polar surface area (TPSA) is 88.5 Å². The molecule has 0 radical (unpaired) electrons. The van der Waals surface area contributed by atoms with Crippen molar-refractivity contribution in [2.24, 2.45) is 0 Å². The van der Waals surface area contributed by atoms with Gasteiger partial charge in [0.05, 0.1) is 0 Å². The molecular weight excluding hydrogens is 332 g/mol. The Morgan fingerprint density at radius 2 is 1.73 bits per heavy atom. The summed E-state index contributed by atoms with van der Waals surface area (Å²) in [6.07, 6.45) is 1.33. The third-order valence-electron chi connectivity index (χ3n) is 3.60. The number of carboxylic acid groups (broad SMARTS) is 1. The third-order valence-corrected chi connectivity index (χ3v) is 3.60. The molecule has 0 unspecified atom stereocenters. The molecular formula is C20H16N2O4. The molecule has 0 atom stereocenters. The van der Waals surface area contributed by atoms with Crippen LogP contribution in [0.3, 0.4) is 0 Å². The summed E-state index contributed by atoms with van der Waals surface area (Å²) in [6, 6.07) is 19.3. The van der Waals surface area contributed by atoms with Gasteiger partial charge in [-0.05, 0) is 42.0 Å². The zero-order chi connectivity index (χ0) is 18.4. The maximum Gasteiger partial charge on any atom is 0.354 e. The summed E-state index contributed by atoms with van der Waals surface area (Å²) in [4.78, 5) is 26.9. The number of aromatic carboxylic acids is 1. The van der Waals surface area contributed by atoms with Crippen molar-refractivity contribution in [1.29, 1.82) is 0 Å². The minimum absolute atomic E-state index is 0.132. The summed E-state index contributed by atoms with van der Waals surface area (Å²) in [5.74, 6) is -0.842. The fourth-order valence-electron chi connectivity index (χ4n) is 2.27. The first-order valence-electron chi connectivity index (χ1n) is 7.89. The number of carbonyl (C=O) groups is 2. The number of anilines is 1. The highest BCUT2D eigenvalue weighted by molar-refractivity contribution is 6.04. The summed E-state index contributed by atoms with van der Waals surface area (Å²) < 4.78 is 5.68. The molecule has 0 fully saturated rings. The minimum atomic E-state index is -1.15. The van der Waals surface area contributed by atoms with Gasteiger partial charge in [-0.15, -0.1) is 0 Å². The molecule has 1 aromatic heterocycles. The quantitative estimate of drug-likeness (QED) is 0.710. The Bertz CT molecular complexity index is 909. The van der Waals surface area contributed by atoms with Crippen LogP contribution in [0.25, 0.3) is 0 Å². The van der Waals surface area contributed by atoms with Gasteiger partial charge in [0, 0.05) is 17.4 Å². The van der Waals surface area contributed by atoms with Gasteiger partial charge in [-0.1, -0.05) is 30.3 Å². The van der Waals surface area contributed by atoms with Crippen molar-refractivity contribution in [3.8, 4) is 5.75 Å². The van der Waals surface area contributed by atoms with Gasteiger partial charge in [0.1, 0.15) is 18.1 Å². The van der Waals surface area contributed by atoms with Crippen LogP contribution >= 0.6 is 0 Å². The Kier molecular flexibility index (Phi) is 5.24. The number of pyridine rings is 1. The molecule has 0 aliphatic carbocycles. The van der Waals surface area contributed by atoms with Gasteiger partial charge in [0.25, 0.3) is 5.91 Å². The van der Waals surface area contributed by atoms with Crippen molar-refractivity contribution >= 4 is 17.6 Å². The Morgan fingerprint density at radius 1 is 1.00 bits per heavy atom. The van der Waals surface area contributed by atoms with E-state index in [-0.39, 0.29) is 11.6 Å². The lowest BCUT2D eigenvalue weighted by Crippen LogP contribution is -2.12. The van der Waals surface area contributed by atoms with Crippen molar-refractivity contribution < 1.29 is 19.4 Å². The summed E-state index contributed by atoms with van der Waals surface area (Å²) in [7, 11) is 0. The molecule has 6 heteroatoms. The predicted octanol–water partition coefficient (Wildman–Crippen LogP) is 3.61. The van der Waals surface area contributed by atoms with Crippen LogP contribution in [0.4, 0.5) is 5.69 Å². The van der Waals surface area contributed by atoms with Crippen molar-refractivity contribution in [3.05, 3.63) is 89.7 Å². The number of amides is 1. The van der Waals surface area contributed by atoms with Gasteiger partial charge in [-0.25, -0.2) is 9.78 Å². The van der Waals surface area contributed by atoms with E-state index >= 15 is 0 Å². The van der Waals surface area contributed by atoms with E-state index in [1.165, 1.54) is 18.3 Å². The molecule has 6 nitrogen and oxygen atoms in total. The number of aromatic nitrogens is 1. The van der Waals surface area contributed by atoms with E-state index in [1.54, 1.807) is 24.3 Å². The third kappa shape index (κ3) is 4.45. The van der Waals surface area contributed by atoms with Gasteiger partial charge >= 0.3 is 5.97 Å². The lowest BCUT2D eigenvalue weighted by Gasteiger charge is -2.08. The van der Waals surface area contributed by atoms with E-state index < -0.39 is 5.97 Å². The zero-order valence-electron chi connectivity index (χ0n) is 13.8. The summed E-state index contributed by atoms with van der Waals surface area (Å²) >= 11 is 0. The average molecular weight is 348 g/mol. The van der Waals surface area contributed by atoms with Crippen LogP contribution < -0.4 is 10.1 Å². The second-order valence-corrected chi connectivity index (χ2v) is 5.49. The number of benzene rings is 2. The first kappa shape index (κ1) is 17.2. The predicted molar refractivity (Wildman–Crippen MR) is 96.4 cm³/mol. The number of hydrogen-bond acceptors (Lipinski definition) is 4. The molecule has 130 valence electrons. The molecule has 0 bridgehead atoms. The van der Waals surface area contributed by atoms with Gasteiger partial charge in [0.2, 0.25) is 0 Å². The SMILES string of the molecule is O=C(Nc1ccnc(C(=O)O)c1)c1ccc(OCc2ccccc2)cc1. The van der Waals surface area contributed by atoms with Crippen LogP contribution in [0.2, 0.25) is 0 Å². The molecule has 0 aliphatic heterocycles. The Balaban J connectivity index is 1.61. The smallest absolute Gasteiger partial charge is 0.354 e. The van der Waals surface area contributed by atoms with Crippen molar-refractivity contribution in [1.82, 2.24) is 4.98 Å². The molecule has 0 aliphatic rings. The number of ether oxygens (including phenoxy) is 1. The highest BCUT2D eigenvalue weighted by Gasteiger charge is 2.09. The van der Waals surface area contributed by atoms with Crippen LogP contribution in [0.5, 0.6) is 5.75 Å². The maximum absolute atomic E-state index is 12.3. The van der Waals surface area contributed by atoms with E-state index in [2.05, 4.69) is 10.3 Å². The number of nitrogens with one attached hydrogen (secondary N) is 1.